The molecule has 0 aliphatic carbocycles. The van der Waals surface area contributed by atoms with Gasteiger partial charge >= 0.3 is 13.9 Å². The van der Waals surface area contributed by atoms with Gasteiger partial charge < -0.3 is 10.5 Å². The molecule has 1 fully saturated rings. The molecule has 0 radical (unpaired) electrons. The lowest BCUT2D eigenvalue weighted by atomic mass is 10.2. The van der Waals surface area contributed by atoms with Crippen molar-refractivity contribution >= 4 is 14.0 Å². The summed E-state index contributed by atoms with van der Waals surface area (Å²) in [6.45, 7) is 0.283. The minimum atomic E-state index is -3.45. The van der Waals surface area contributed by atoms with Crippen molar-refractivity contribution in [3.63, 3.8) is 0 Å². The molecule has 11 heteroatoms. The number of hydrogen-bond donors (Lipinski definition) is 2. The molecule has 0 spiro atoms. The van der Waals surface area contributed by atoms with E-state index in [1.807, 2.05) is 18.2 Å². The van der Waals surface area contributed by atoms with Crippen LogP contribution in [-0.4, -0.2) is 32.4 Å². The molecule has 0 amide bonds. The van der Waals surface area contributed by atoms with Crippen LogP contribution in [0.25, 0.3) is 0 Å². The largest absolute Gasteiger partial charge is 0.619 e. The number of nitrogens with zero attached hydrogens (tertiary/aromatic N) is 3. The fraction of sp³-hybridized carbons (Fsp3) is 0.400. The Labute approximate surface area is 149 Å². The first-order valence-corrected chi connectivity index (χ1v) is 9.57. The Kier molecular flexibility index (Phi) is 4.60. The van der Waals surface area contributed by atoms with Gasteiger partial charge in [0.25, 0.3) is 0 Å². The molecule has 0 bridgehead atoms. The lowest BCUT2D eigenvalue weighted by molar-refractivity contribution is -0.0359. The van der Waals surface area contributed by atoms with Crippen molar-refractivity contribution in [3.8, 4) is 5.75 Å². The van der Waals surface area contributed by atoms with Gasteiger partial charge in [0, 0.05) is 5.56 Å². The van der Waals surface area contributed by atoms with Gasteiger partial charge in [-0.3, -0.25) is 4.52 Å². The number of nitrogens with two attached hydrogens (primary N) is 1. The van der Waals surface area contributed by atoms with Gasteiger partial charge in [-0.05, 0) is 18.9 Å². The van der Waals surface area contributed by atoms with Crippen LogP contribution in [0.1, 0.15) is 24.6 Å². The number of fused-ring (bicyclic) bond motifs is 1. The lowest BCUT2D eigenvalue weighted by Gasteiger charge is -2.22. The third-order valence-electron chi connectivity index (χ3n) is 4.09. The fourth-order valence-corrected chi connectivity index (χ4v) is 4.07. The molecule has 26 heavy (non-hydrogen) atoms. The number of nitrogen functional groups attached to an aromatic ring is 1. The van der Waals surface area contributed by atoms with E-state index in [0.717, 1.165) is 10.2 Å². The van der Waals surface area contributed by atoms with E-state index >= 15 is 0 Å². The third kappa shape index (κ3) is 3.55. The molecule has 3 heterocycles. The maximum absolute atomic E-state index is 11.8. The number of anilines is 1. The molecule has 2 aliphatic rings. The third-order valence-corrected chi connectivity index (χ3v) is 5.44. The van der Waals surface area contributed by atoms with E-state index in [0.29, 0.717) is 18.6 Å². The highest BCUT2D eigenvalue weighted by molar-refractivity contribution is 7.55. The zero-order valence-electron chi connectivity index (χ0n) is 13.7. The van der Waals surface area contributed by atoms with Crippen molar-refractivity contribution in [3.05, 3.63) is 46.5 Å². The number of hydrogen-bond acceptors (Lipinski definition) is 9. The van der Waals surface area contributed by atoms with Crippen molar-refractivity contribution in [2.45, 2.75) is 31.8 Å². The monoisotopic (exact) mass is 381 g/mol. The fourth-order valence-electron chi connectivity index (χ4n) is 2.80. The van der Waals surface area contributed by atoms with Crippen LogP contribution < -0.4 is 15.9 Å². The molecule has 1 aromatic carbocycles. The van der Waals surface area contributed by atoms with E-state index in [9.17, 15) is 9.69 Å². The number of aromatic nitrogens is 3. The normalized spacial score (nSPS) is 27.7. The lowest BCUT2D eigenvalue weighted by Crippen LogP contribution is -2.30. The Morgan fingerprint density at radius 3 is 3.08 bits per heavy atom. The smallest absolute Gasteiger partial charge is 0.382 e. The van der Waals surface area contributed by atoms with E-state index < -0.39 is 20.1 Å². The number of ether oxygens (including phenoxy) is 1. The van der Waals surface area contributed by atoms with Gasteiger partial charge in [0.2, 0.25) is 0 Å². The molecule has 2 aromatic rings. The summed E-state index contributed by atoms with van der Waals surface area (Å²) in [4.78, 5) is 25.9. The molecule has 3 N–H and O–H groups in total. The van der Waals surface area contributed by atoms with Crippen molar-refractivity contribution in [1.82, 2.24) is 14.8 Å². The topological polar surface area (TPSA) is 131 Å². The van der Waals surface area contributed by atoms with Gasteiger partial charge in [0.15, 0.2) is 12.0 Å². The van der Waals surface area contributed by atoms with Crippen LogP contribution >= 0.6 is 8.17 Å². The maximum Gasteiger partial charge on any atom is 0.619 e. The average molecular weight is 381 g/mol. The average Bonchev–Trinajstić information content (AvgIpc) is 3.09. The maximum atomic E-state index is 11.8. The summed E-state index contributed by atoms with van der Waals surface area (Å²) in [5, 5.41) is 3.94. The number of benzene rings is 1. The molecular weight excluding hydrogens is 363 g/mol. The van der Waals surface area contributed by atoms with Crippen molar-refractivity contribution in [2.24, 2.45) is 0 Å². The summed E-state index contributed by atoms with van der Waals surface area (Å²) in [6.07, 6.45) is 1.60. The standard InChI is InChI=1S/C15H17N4O6P/c16-13-7-17-19(15(20)18-13)14-6-5-11(24-14)9-23-26(21)22-8-10-3-1-2-4-12(10)25-26/h1-4,7,11,14,21H,5-6,8-9H2,(H-,16,18,20)/p+1. The van der Waals surface area contributed by atoms with Crippen LogP contribution in [0.4, 0.5) is 5.82 Å². The Morgan fingerprint density at radius 2 is 2.23 bits per heavy atom. The van der Waals surface area contributed by atoms with E-state index in [1.165, 1.54) is 6.20 Å². The van der Waals surface area contributed by atoms with Crippen LogP contribution in [0, 0.1) is 0 Å². The predicted molar refractivity (Wildman–Crippen MR) is 90.8 cm³/mol. The Hall–Kier alpha value is -2.10. The molecule has 4 rings (SSSR count). The van der Waals surface area contributed by atoms with Gasteiger partial charge in [0.1, 0.15) is 19.0 Å². The first kappa shape index (κ1) is 17.3. The van der Waals surface area contributed by atoms with E-state index in [1.54, 1.807) is 6.07 Å². The summed E-state index contributed by atoms with van der Waals surface area (Å²) in [5.41, 5.74) is 5.71. The molecule has 0 saturated carbocycles. The van der Waals surface area contributed by atoms with Crippen molar-refractivity contribution < 1.29 is 23.2 Å². The molecule has 3 atom stereocenters. The van der Waals surface area contributed by atoms with E-state index in [2.05, 4.69) is 10.1 Å². The van der Waals surface area contributed by atoms with Crippen molar-refractivity contribution in [2.75, 3.05) is 12.3 Å². The minimum Gasteiger partial charge on any atom is -0.382 e. The van der Waals surface area contributed by atoms with E-state index in [4.69, 9.17) is 24.0 Å². The molecule has 1 saturated heterocycles. The summed E-state index contributed by atoms with van der Waals surface area (Å²) in [7, 11) is -3.45. The highest BCUT2D eigenvalue weighted by Gasteiger charge is 2.51. The summed E-state index contributed by atoms with van der Waals surface area (Å²) >= 11 is 0. The number of rotatable bonds is 4. The summed E-state index contributed by atoms with van der Waals surface area (Å²) in [6, 6.07) is 7.28. The summed E-state index contributed by atoms with van der Waals surface area (Å²) in [5.74, 6) is 0.603. The molecular formula is C15H18N4O6P+. The highest BCUT2D eigenvalue weighted by Crippen LogP contribution is 2.61. The number of para-hydroxylation sites is 1. The van der Waals surface area contributed by atoms with Gasteiger partial charge in [0.05, 0.1) is 12.3 Å². The van der Waals surface area contributed by atoms with Crippen molar-refractivity contribution in [1.29, 1.82) is 0 Å². The van der Waals surface area contributed by atoms with Crippen LogP contribution in [0.2, 0.25) is 0 Å². The SMILES string of the molecule is Nc1cnn(C2CCC(CO[P+]3(O)OCc4ccccc4O3)O2)c(=O)n1. The molecule has 3 unspecified atom stereocenters. The summed E-state index contributed by atoms with van der Waals surface area (Å²) < 4.78 is 23.3. The van der Waals surface area contributed by atoms with Crippen LogP contribution in [0.3, 0.4) is 0 Å². The van der Waals surface area contributed by atoms with Gasteiger partial charge in [-0.25, -0.2) is 4.79 Å². The van der Waals surface area contributed by atoms with E-state index in [-0.39, 0.29) is 25.1 Å². The Morgan fingerprint density at radius 1 is 1.38 bits per heavy atom. The Balaban J connectivity index is 1.35. The van der Waals surface area contributed by atoms with Gasteiger partial charge in [-0.15, -0.1) is 9.05 Å². The quantitative estimate of drug-likeness (QED) is 0.750. The second-order valence-corrected chi connectivity index (χ2v) is 7.57. The second kappa shape index (κ2) is 6.90. The zero-order chi connectivity index (χ0) is 18.1. The zero-order valence-corrected chi connectivity index (χ0v) is 14.6. The first-order valence-electron chi connectivity index (χ1n) is 8.07. The van der Waals surface area contributed by atoms with Crippen LogP contribution in [-0.2, 0) is 20.4 Å². The molecule has 1 aromatic heterocycles. The molecule has 2 aliphatic heterocycles. The highest BCUT2D eigenvalue weighted by atomic mass is 31.2. The molecule has 10 nitrogen and oxygen atoms in total. The minimum absolute atomic E-state index is 0.0584. The van der Waals surface area contributed by atoms with Gasteiger partial charge in [-0.1, -0.05) is 18.2 Å². The van der Waals surface area contributed by atoms with Crippen LogP contribution in [0.5, 0.6) is 5.75 Å². The molecule has 138 valence electrons. The van der Waals surface area contributed by atoms with Gasteiger partial charge in [-0.2, -0.15) is 19.7 Å². The Bertz CT molecular complexity index is 864. The first-order chi connectivity index (χ1) is 12.5. The second-order valence-electron chi connectivity index (χ2n) is 5.94. The van der Waals surface area contributed by atoms with Crippen LogP contribution in [0.15, 0.2) is 35.3 Å². The predicted octanol–water partition coefficient (Wildman–Crippen LogP) is 1.19.